The summed E-state index contributed by atoms with van der Waals surface area (Å²) in [5.74, 6) is -1.91. The molecule has 1 aromatic rings. The normalized spacial score (nSPS) is 14.4. The second kappa shape index (κ2) is 3.64. The monoisotopic (exact) mass is 281 g/mol. The molecule has 0 bridgehead atoms. The maximum atomic E-state index is 11.5. The van der Waals surface area contributed by atoms with Crippen molar-refractivity contribution in [3.63, 3.8) is 0 Å². The summed E-state index contributed by atoms with van der Waals surface area (Å²) in [6.45, 7) is 0. The van der Waals surface area contributed by atoms with Gasteiger partial charge in [-0.3, -0.25) is 19.7 Å². The van der Waals surface area contributed by atoms with Gasteiger partial charge in [-0.1, -0.05) is 15.9 Å². The number of ketones is 2. The van der Waals surface area contributed by atoms with Crippen LogP contribution in [-0.4, -0.2) is 16.5 Å². The Kier molecular flexibility index (Phi) is 2.43. The number of fused-ring (bicyclic) bond motifs is 1. The minimum absolute atomic E-state index is 0.193. The quantitative estimate of drug-likeness (QED) is 0.447. The molecule has 0 aromatic heterocycles. The molecular formula is C10H4BrNO4. The SMILES string of the molecule is O=C1C(=O)c2ccc(Br)cc2C=C1[N+](=O)[O-]. The Morgan fingerprint density at radius 2 is 1.88 bits per heavy atom. The van der Waals surface area contributed by atoms with Crippen LogP contribution >= 0.6 is 15.9 Å². The average Bonchev–Trinajstić information content (AvgIpc) is 2.22. The predicted octanol–water partition coefficient (Wildman–Crippen LogP) is 1.83. The van der Waals surface area contributed by atoms with Gasteiger partial charge in [0.25, 0.3) is 0 Å². The lowest BCUT2D eigenvalue weighted by Gasteiger charge is -2.09. The van der Waals surface area contributed by atoms with Crippen molar-refractivity contribution in [3.8, 4) is 0 Å². The van der Waals surface area contributed by atoms with Gasteiger partial charge in [0.15, 0.2) is 0 Å². The number of benzene rings is 1. The Balaban J connectivity index is 2.69. The largest absolute Gasteiger partial charge is 0.321 e. The van der Waals surface area contributed by atoms with Crippen LogP contribution in [0.4, 0.5) is 0 Å². The third kappa shape index (κ3) is 1.57. The van der Waals surface area contributed by atoms with Crippen molar-refractivity contribution in [1.82, 2.24) is 0 Å². The van der Waals surface area contributed by atoms with E-state index in [9.17, 15) is 19.7 Å². The van der Waals surface area contributed by atoms with Gasteiger partial charge in [-0.05, 0) is 23.8 Å². The average molecular weight is 282 g/mol. The number of halogens is 1. The molecule has 80 valence electrons. The number of carbonyl (C=O) groups excluding carboxylic acids is 2. The van der Waals surface area contributed by atoms with Crippen molar-refractivity contribution in [2.24, 2.45) is 0 Å². The van der Waals surface area contributed by atoms with Crippen LogP contribution in [0.1, 0.15) is 15.9 Å². The molecule has 1 aromatic carbocycles. The Hall–Kier alpha value is -1.82. The van der Waals surface area contributed by atoms with E-state index in [2.05, 4.69) is 15.9 Å². The molecular weight excluding hydrogens is 278 g/mol. The Morgan fingerprint density at radius 1 is 1.19 bits per heavy atom. The first-order valence-electron chi connectivity index (χ1n) is 4.25. The molecule has 0 spiro atoms. The molecule has 0 atom stereocenters. The van der Waals surface area contributed by atoms with E-state index in [4.69, 9.17) is 0 Å². The zero-order valence-corrected chi connectivity index (χ0v) is 9.35. The summed E-state index contributed by atoms with van der Waals surface area (Å²) < 4.78 is 0.687. The van der Waals surface area contributed by atoms with E-state index in [1.54, 1.807) is 12.1 Å². The Bertz CT molecular complexity index is 562. The van der Waals surface area contributed by atoms with Crippen molar-refractivity contribution in [1.29, 1.82) is 0 Å². The lowest BCUT2D eigenvalue weighted by molar-refractivity contribution is -0.416. The molecule has 5 nitrogen and oxygen atoms in total. The molecule has 16 heavy (non-hydrogen) atoms. The van der Waals surface area contributed by atoms with E-state index in [0.717, 1.165) is 6.08 Å². The van der Waals surface area contributed by atoms with Gasteiger partial charge in [0.05, 0.1) is 4.92 Å². The fourth-order valence-corrected chi connectivity index (χ4v) is 1.83. The summed E-state index contributed by atoms with van der Waals surface area (Å²) in [7, 11) is 0. The third-order valence-corrected chi connectivity index (χ3v) is 2.68. The van der Waals surface area contributed by atoms with Crippen LogP contribution in [-0.2, 0) is 4.79 Å². The fraction of sp³-hybridized carbons (Fsp3) is 0. The van der Waals surface area contributed by atoms with Crippen LogP contribution in [0.2, 0.25) is 0 Å². The zero-order chi connectivity index (χ0) is 11.9. The van der Waals surface area contributed by atoms with Crippen molar-refractivity contribution in [2.45, 2.75) is 0 Å². The van der Waals surface area contributed by atoms with Gasteiger partial charge in [0.2, 0.25) is 5.78 Å². The molecule has 0 radical (unpaired) electrons. The van der Waals surface area contributed by atoms with Gasteiger partial charge in [0.1, 0.15) is 0 Å². The highest BCUT2D eigenvalue weighted by atomic mass is 79.9. The van der Waals surface area contributed by atoms with Gasteiger partial charge in [0, 0.05) is 16.1 Å². The highest BCUT2D eigenvalue weighted by Crippen LogP contribution is 2.25. The van der Waals surface area contributed by atoms with E-state index < -0.39 is 22.2 Å². The van der Waals surface area contributed by atoms with Gasteiger partial charge >= 0.3 is 11.5 Å². The number of carbonyl (C=O) groups is 2. The zero-order valence-electron chi connectivity index (χ0n) is 7.77. The third-order valence-electron chi connectivity index (χ3n) is 2.19. The maximum Gasteiger partial charge on any atom is 0.321 e. The summed E-state index contributed by atoms with van der Waals surface area (Å²) in [5.41, 5.74) is -0.111. The number of allylic oxidation sites excluding steroid dienone is 1. The molecule has 2 rings (SSSR count). The molecule has 0 fully saturated rings. The number of hydrogen-bond acceptors (Lipinski definition) is 4. The van der Waals surface area contributed by atoms with E-state index in [1.807, 2.05) is 0 Å². The fourth-order valence-electron chi connectivity index (χ4n) is 1.45. The highest BCUT2D eigenvalue weighted by Gasteiger charge is 2.35. The summed E-state index contributed by atoms with van der Waals surface area (Å²) in [4.78, 5) is 32.6. The van der Waals surface area contributed by atoms with Crippen LogP contribution in [0.25, 0.3) is 6.08 Å². The molecule has 0 N–H and O–H groups in total. The molecule has 0 unspecified atom stereocenters. The van der Waals surface area contributed by atoms with Crippen molar-refractivity contribution < 1.29 is 14.5 Å². The molecule has 6 heteroatoms. The lowest BCUT2D eigenvalue weighted by Crippen LogP contribution is -2.25. The molecule has 0 saturated heterocycles. The van der Waals surface area contributed by atoms with E-state index in [-0.39, 0.29) is 5.56 Å². The second-order valence-electron chi connectivity index (χ2n) is 3.18. The minimum atomic E-state index is -1.07. The maximum absolute atomic E-state index is 11.5. The van der Waals surface area contributed by atoms with Gasteiger partial charge in [-0.15, -0.1) is 0 Å². The lowest BCUT2D eigenvalue weighted by atomic mass is 9.93. The first-order valence-corrected chi connectivity index (χ1v) is 5.04. The topological polar surface area (TPSA) is 77.3 Å². The van der Waals surface area contributed by atoms with E-state index >= 15 is 0 Å². The Morgan fingerprint density at radius 3 is 2.50 bits per heavy atom. The van der Waals surface area contributed by atoms with Crippen LogP contribution in [0.15, 0.2) is 28.4 Å². The molecule has 1 aliphatic rings. The number of nitro groups is 1. The van der Waals surface area contributed by atoms with Crippen molar-refractivity contribution in [3.05, 3.63) is 49.6 Å². The Labute approximate surface area is 98.0 Å². The van der Waals surface area contributed by atoms with Gasteiger partial charge in [-0.2, -0.15) is 0 Å². The number of rotatable bonds is 1. The summed E-state index contributed by atoms with van der Waals surface area (Å²) in [5, 5.41) is 10.6. The van der Waals surface area contributed by atoms with Crippen LogP contribution in [0, 0.1) is 10.1 Å². The smallest absolute Gasteiger partial charge is 0.285 e. The number of nitrogens with zero attached hydrogens (tertiary/aromatic N) is 1. The highest BCUT2D eigenvalue weighted by molar-refractivity contribution is 9.10. The molecule has 0 saturated carbocycles. The van der Waals surface area contributed by atoms with Crippen molar-refractivity contribution in [2.75, 3.05) is 0 Å². The van der Waals surface area contributed by atoms with Crippen LogP contribution in [0.5, 0.6) is 0 Å². The first-order chi connectivity index (χ1) is 7.50. The van der Waals surface area contributed by atoms with Gasteiger partial charge < -0.3 is 0 Å². The molecule has 1 aliphatic carbocycles. The molecule has 0 aliphatic heterocycles. The van der Waals surface area contributed by atoms with Crippen LogP contribution < -0.4 is 0 Å². The minimum Gasteiger partial charge on any atom is -0.285 e. The van der Waals surface area contributed by atoms with Crippen molar-refractivity contribution >= 4 is 33.6 Å². The predicted molar refractivity (Wildman–Crippen MR) is 58.5 cm³/mol. The second-order valence-corrected chi connectivity index (χ2v) is 4.09. The molecule has 0 amide bonds. The standard InChI is InChI=1S/C10H4BrNO4/c11-6-1-2-7-5(3-6)4-8(12(15)16)10(14)9(7)13/h1-4H. The first kappa shape index (κ1) is 10.7. The van der Waals surface area contributed by atoms with E-state index in [1.165, 1.54) is 6.07 Å². The summed E-state index contributed by atoms with van der Waals surface area (Å²) in [6.07, 6.45) is 1.11. The molecule has 0 heterocycles. The number of hydrogen-bond donors (Lipinski definition) is 0. The summed E-state index contributed by atoms with van der Waals surface area (Å²) in [6, 6.07) is 4.63. The van der Waals surface area contributed by atoms with Gasteiger partial charge in [-0.25, -0.2) is 0 Å². The van der Waals surface area contributed by atoms with E-state index in [0.29, 0.717) is 10.0 Å². The number of Topliss-reactive ketones (excluding diaryl/α,β-unsaturated/α-hetero) is 2. The van der Waals surface area contributed by atoms with Crippen LogP contribution in [0.3, 0.4) is 0 Å². The summed E-state index contributed by atoms with van der Waals surface area (Å²) >= 11 is 3.19.